The van der Waals surface area contributed by atoms with Gasteiger partial charge in [-0.25, -0.2) is 18.4 Å². The Morgan fingerprint density at radius 2 is 2.09 bits per heavy atom. The quantitative estimate of drug-likeness (QED) is 0.855. The largest absolute Gasteiger partial charge is 0.372 e. The number of anilines is 1. The third kappa shape index (κ3) is 3.09. The van der Waals surface area contributed by atoms with Gasteiger partial charge >= 0.3 is 0 Å². The smallest absolute Gasteiger partial charge is 0.222 e. The van der Waals surface area contributed by atoms with Crippen LogP contribution in [0.15, 0.2) is 12.4 Å². The van der Waals surface area contributed by atoms with E-state index >= 15 is 0 Å². The van der Waals surface area contributed by atoms with Gasteiger partial charge in [0.2, 0.25) is 16.0 Å². The molecule has 0 aromatic carbocycles. The average Bonchev–Trinajstić information content (AvgIpc) is 2.82. The van der Waals surface area contributed by atoms with Crippen LogP contribution in [0.1, 0.15) is 18.4 Å². The molecule has 0 amide bonds. The second kappa shape index (κ2) is 5.75. The average molecular weight is 326 g/mol. The molecule has 0 bridgehead atoms. The predicted octanol–water partition coefficient (Wildman–Crippen LogP) is 0.638. The summed E-state index contributed by atoms with van der Waals surface area (Å²) in [4.78, 5) is 8.43. The lowest BCUT2D eigenvalue weighted by Crippen LogP contribution is -2.65. The standard InChI is InChI=1S/C14H22N4O3S/c1-11-7-16-13(17-8-11)15-5-3-12-4-6-21-14(12)9-18(10-14)22(2,19)20/h7-8,12H,3-6,9-10H2,1-2H3,(H,15,16,17)/t12-/m0/s1. The molecule has 3 heterocycles. The van der Waals surface area contributed by atoms with Gasteiger partial charge in [-0.3, -0.25) is 0 Å². The van der Waals surface area contributed by atoms with Crippen LogP contribution < -0.4 is 5.32 Å². The van der Waals surface area contributed by atoms with Crippen molar-refractivity contribution in [2.45, 2.75) is 25.4 Å². The number of rotatable bonds is 5. The number of aromatic nitrogens is 2. The van der Waals surface area contributed by atoms with Crippen LogP contribution in [0.5, 0.6) is 0 Å². The van der Waals surface area contributed by atoms with Crippen LogP contribution in [0.2, 0.25) is 0 Å². The van der Waals surface area contributed by atoms with Crippen molar-refractivity contribution in [3.8, 4) is 0 Å². The first-order valence-corrected chi connectivity index (χ1v) is 9.35. The zero-order chi connectivity index (χ0) is 15.8. The summed E-state index contributed by atoms with van der Waals surface area (Å²) in [5.41, 5.74) is 0.753. The Morgan fingerprint density at radius 1 is 1.41 bits per heavy atom. The molecule has 7 nitrogen and oxygen atoms in total. The third-order valence-electron chi connectivity index (χ3n) is 4.51. The van der Waals surface area contributed by atoms with Gasteiger partial charge in [-0.2, -0.15) is 4.31 Å². The lowest BCUT2D eigenvalue weighted by Gasteiger charge is -2.48. The van der Waals surface area contributed by atoms with Gasteiger partial charge in [0.25, 0.3) is 0 Å². The lowest BCUT2D eigenvalue weighted by molar-refractivity contribution is -0.101. The van der Waals surface area contributed by atoms with E-state index in [1.165, 1.54) is 10.6 Å². The number of hydrogen-bond acceptors (Lipinski definition) is 6. The molecule has 3 rings (SSSR count). The van der Waals surface area contributed by atoms with Gasteiger partial charge in [0.1, 0.15) is 0 Å². The van der Waals surface area contributed by atoms with Crippen molar-refractivity contribution in [3.63, 3.8) is 0 Å². The highest BCUT2D eigenvalue weighted by Gasteiger charge is 2.55. The van der Waals surface area contributed by atoms with Crippen molar-refractivity contribution in [1.29, 1.82) is 0 Å². The fourth-order valence-electron chi connectivity index (χ4n) is 3.17. The summed E-state index contributed by atoms with van der Waals surface area (Å²) in [7, 11) is -3.10. The van der Waals surface area contributed by atoms with Crippen molar-refractivity contribution < 1.29 is 13.2 Å². The molecule has 0 unspecified atom stereocenters. The molecule has 1 atom stereocenters. The molecule has 1 aromatic heterocycles. The summed E-state index contributed by atoms with van der Waals surface area (Å²) in [5, 5.41) is 3.22. The van der Waals surface area contributed by atoms with Crippen LogP contribution in [0.4, 0.5) is 5.95 Å². The number of aryl methyl sites for hydroxylation is 1. The summed E-state index contributed by atoms with van der Waals surface area (Å²) in [6.45, 7) is 4.39. The molecule has 22 heavy (non-hydrogen) atoms. The molecule has 1 aromatic rings. The van der Waals surface area contributed by atoms with Gasteiger partial charge in [-0.05, 0) is 31.2 Å². The molecule has 1 N–H and O–H groups in total. The number of nitrogens with one attached hydrogen (secondary N) is 1. The van der Waals surface area contributed by atoms with Crippen molar-refractivity contribution in [2.24, 2.45) is 5.92 Å². The number of hydrogen-bond donors (Lipinski definition) is 1. The molecular formula is C14H22N4O3S. The minimum atomic E-state index is -3.10. The molecule has 2 fully saturated rings. The van der Waals surface area contributed by atoms with Crippen LogP contribution in [0.3, 0.4) is 0 Å². The van der Waals surface area contributed by atoms with Crippen molar-refractivity contribution in [1.82, 2.24) is 14.3 Å². The maximum Gasteiger partial charge on any atom is 0.222 e. The summed E-state index contributed by atoms with van der Waals surface area (Å²) in [6.07, 6.45) is 6.72. The van der Waals surface area contributed by atoms with Crippen molar-refractivity contribution in [2.75, 3.05) is 37.8 Å². The second-order valence-corrected chi connectivity index (χ2v) is 8.21. The Morgan fingerprint density at radius 3 is 2.73 bits per heavy atom. The first-order valence-electron chi connectivity index (χ1n) is 7.51. The van der Waals surface area contributed by atoms with E-state index in [4.69, 9.17) is 4.74 Å². The monoisotopic (exact) mass is 326 g/mol. The summed E-state index contributed by atoms with van der Waals surface area (Å²) >= 11 is 0. The minimum Gasteiger partial charge on any atom is -0.372 e. The molecule has 0 saturated carbocycles. The zero-order valence-electron chi connectivity index (χ0n) is 12.9. The van der Waals surface area contributed by atoms with E-state index in [-0.39, 0.29) is 5.60 Å². The Balaban J connectivity index is 1.51. The Kier molecular flexibility index (Phi) is 4.09. The molecule has 2 aliphatic rings. The normalized spacial score (nSPS) is 24.4. The van der Waals surface area contributed by atoms with Gasteiger partial charge in [0.15, 0.2) is 0 Å². The van der Waals surface area contributed by atoms with Crippen molar-refractivity contribution in [3.05, 3.63) is 18.0 Å². The number of ether oxygens (including phenoxy) is 1. The Bertz CT molecular complexity index is 626. The Labute approximate surface area is 131 Å². The summed E-state index contributed by atoms with van der Waals surface area (Å²) < 4.78 is 30.4. The number of sulfonamides is 1. The molecule has 8 heteroatoms. The number of nitrogens with zero attached hydrogens (tertiary/aromatic N) is 3. The third-order valence-corrected chi connectivity index (χ3v) is 5.71. The van der Waals surface area contributed by atoms with E-state index in [1.807, 2.05) is 6.92 Å². The van der Waals surface area contributed by atoms with E-state index in [0.29, 0.717) is 31.6 Å². The maximum atomic E-state index is 11.5. The van der Waals surface area contributed by atoms with E-state index in [2.05, 4.69) is 15.3 Å². The molecule has 0 aliphatic carbocycles. The van der Waals surface area contributed by atoms with Gasteiger partial charge in [-0.1, -0.05) is 0 Å². The van der Waals surface area contributed by atoms with Gasteiger partial charge < -0.3 is 10.1 Å². The van der Waals surface area contributed by atoms with Gasteiger partial charge in [-0.15, -0.1) is 0 Å². The van der Waals surface area contributed by atoms with Gasteiger partial charge in [0.05, 0.1) is 11.9 Å². The summed E-state index contributed by atoms with van der Waals surface area (Å²) in [5.74, 6) is 1.01. The SMILES string of the molecule is Cc1cnc(NCC[C@H]2CCOC23CN(S(C)(=O)=O)C3)nc1. The highest BCUT2D eigenvalue weighted by atomic mass is 32.2. The van der Waals surface area contributed by atoms with E-state index in [9.17, 15) is 8.42 Å². The van der Waals surface area contributed by atoms with Crippen LogP contribution in [0.25, 0.3) is 0 Å². The van der Waals surface area contributed by atoms with Gasteiger partial charge in [0, 0.05) is 38.6 Å². The topological polar surface area (TPSA) is 84.4 Å². The van der Waals surface area contributed by atoms with E-state index in [0.717, 1.165) is 24.9 Å². The molecule has 1 spiro atoms. The summed E-state index contributed by atoms with van der Waals surface area (Å²) in [6, 6.07) is 0. The zero-order valence-corrected chi connectivity index (χ0v) is 13.8. The first-order chi connectivity index (χ1) is 10.4. The highest BCUT2D eigenvalue weighted by Crippen LogP contribution is 2.42. The minimum absolute atomic E-state index is 0.279. The second-order valence-electron chi connectivity index (χ2n) is 6.23. The van der Waals surface area contributed by atoms with Crippen molar-refractivity contribution >= 4 is 16.0 Å². The molecular weight excluding hydrogens is 304 g/mol. The van der Waals surface area contributed by atoms with Crippen LogP contribution in [-0.4, -0.2) is 60.8 Å². The molecule has 0 radical (unpaired) electrons. The fraction of sp³-hybridized carbons (Fsp3) is 0.714. The maximum absolute atomic E-state index is 11.5. The molecule has 2 saturated heterocycles. The fourth-order valence-corrected chi connectivity index (χ4v) is 4.08. The van der Waals surface area contributed by atoms with Crippen LogP contribution >= 0.6 is 0 Å². The van der Waals surface area contributed by atoms with Crippen LogP contribution in [0, 0.1) is 12.8 Å². The highest BCUT2D eigenvalue weighted by molar-refractivity contribution is 7.88. The van der Waals surface area contributed by atoms with E-state index < -0.39 is 10.0 Å². The van der Waals surface area contributed by atoms with E-state index in [1.54, 1.807) is 12.4 Å². The molecule has 2 aliphatic heterocycles. The predicted molar refractivity (Wildman–Crippen MR) is 83.1 cm³/mol. The van der Waals surface area contributed by atoms with Crippen LogP contribution in [-0.2, 0) is 14.8 Å². The molecule has 122 valence electrons. The Hall–Kier alpha value is -1.25. The first kappa shape index (κ1) is 15.6. The lowest BCUT2D eigenvalue weighted by atomic mass is 9.80.